The quantitative estimate of drug-likeness (QED) is 0.611. The molecule has 0 atom stereocenters. The molecule has 1 amide bonds. The van der Waals surface area contributed by atoms with Crippen LogP contribution < -0.4 is 15.4 Å². The molecule has 5 rings (SSSR count). The van der Waals surface area contributed by atoms with Crippen molar-refractivity contribution in [2.75, 3.05) is 29.4 Å². The summed E-state index contributed by atoms with van der Waals surface area (Å²) in [6, 6.07) is 3.17. The number of rotatable bonds is 4. The summed E-state index contributed by atoms with van der Waals surface area (Å²) in [6.07, 6.45) is 4.33. The molecule has 0 bridgehead atoms. The summed E-state index contributed by atoms with van der Waals surface area (Å²) in [5, 5.41) is 3.96. The molecule has 3 aromatic rings. The highest BCUT2D eigenvalue weighted by molar-refractivity contribution is 6.00. The Kier molecular flexibility index (Phi) is 4.90. The van der Waals surface area contributed by atoms with E-state index in [9.17, 15) is 18.4 Å². The average molecular weight is 443 g/mol. The molecular formula is C21H23F2N7O2. The number of nitrogens with zero attached hydrogens (tertiary/aromatic N) is 7. The number of alkyl halides is 2. The zero-order valence-corrected chi connectivity index (χ0v) is 17.6. The van der Waals surface area contributed by atoms with Gasteiger partial charge >= 0.3 is 0 Å². The fourth-order valence-corrected chi connectivity index (χ4v) is 4.69. The summed E-state index contributed by atoms with van der Waals surface area (Å²) in [5.74, 6) is 0.691. The summed E-state index contributed by atoms with van der Waals surface area (Å²) in [7, 11) is 1.67. The molecule has 2 aliphatic heterocycles. The maximum absolute atomic E-state index is 13.3. The van der Waals surface area contributed by atoms with E-state index >= 15 is 0 Å². The summed E-state index contributed by atoms with van der Waals surface area (Å²) in [4.78, 5) is 37.6. The van der Waals surface area contributed by atoms with Crippen LogP contribution in [0, 0.1) is 5.41 Å². The van der Waals surface area contributed by atoms with Crippen molar-refractivity contribution in [2.45, 2.75) is 32.2 Å². The van der Waals surface area contributed by atoms with Gasteiger partial charge in [-0.3, -0.25) is 9.59 Å². The van der Waals surface area contributed by atoms with Crippen LogP contribution in [0.2, 0.25) is 0 Å². The largest absolute Gasteiger partial charge is 0.355 e. The van der Waals surface area contributed by atoms with Crippen molar-refractivity contribution in [1.29, 1.82) is 0 Å². The van der Waals surface area contributed by atoms with Crippen molar-refractivity contribution in [2.24, 2.45) is 12.5 Å². The summed E-state index contributed by atoms with van der Waals surface area (Å²) >= 11 is 0. The predicted octanol–water partition coefficient (Wildman–Crippen LogP) is 1.81. The van der Waals surface area contributed by atoms with Crippen LogP contribution in [0.15, 0.2) is 35.5 Å². The second-order valence-corrected chi connectivity index (χ2v) is 8.47. The number of hydrogen-bond donors (Lipinski definition) is 0. The third-order valence-corrected chi connectivity index (χ3v) is 6.58. The number of halogens is 2. The van der Waals surface area contributed by atoms with Crippen molar-refractivity contribution in [3.8, 4) is 0 Å². The molecule has 9 nitrogen and oxygen atoms in total. The molecule has 1 spiro atoms. The number of pyridine rings is 1. The van der Waals surface area contributed by atoms with Crippen LogP contribution in [0.1, 0.15) is 19.3 Å². The lowest BCUT2D eigenvalue weighted by molar-refractivity contribution is -0.126. The Morgan fingerprint density at radius 3 is 2.56 bits per heavy atom. The van der Waals surface area contributed by atoms with E-state index in [1.807, 2.05) is 4.90 Å². The molecule has 2 aliphatic rings. The predicted molar refractivity (Wildman–Crippen MR) is 114 cm³/mol. The molecule has 3 aromatic heterocycles. The molecule has 0 aliphatic carbocycles. The van der Waals surface area contributed by atoms with Gasteiger partial charge in [0.25, 0.3) is 6.43 Å². The zero-order valence-electron chi connectivity index (χ0n) is 17.6. The van der Waals surface area contributed by atoms with Gasteiger partial charge in [0.15, 0.2) is 5.65 Å². The van der Waals surface area contributed by atoms with Crippen molar-refractivity contribution < 1.29 is 13.6 Å². The molecule has 0 saturated carbocycles. The number of carbonyl (C=O) groups excluding carboxylic acids is 1. The average Bonchev–Trinajstić information content (AvgIpc) is 3.31. The first-order valence-corrected chi connectivity index (χ1v) is 10.6. The summed E-state index contributed by atoms with van der Waals surface area (Å²) < 4.78 is 28.3. The third kappa shape index (κ3) is 3.41. The molecule has 0 radical (unpaired) electrons. The van der Waals surface area contributed by atoms with Crippen molar-refractivity contribution in [3.63, 3.8) is 0 Å². The number of fused-ring (bicyclic) bond motifs is 1. The van der Waals surface area contributed by atoms with Crippen LogP contribution in [0.5, 0.6) is 0 Å². The second-order valence-electron chi connectivity index (χ2n) is 8.47. The van der Waals surface area contributed by atoms with Crippen LogP contribution in [0.25, 0.3) is 11.2 Å². The normalized spacial score (nSPS) is 18.4. The van der Waals surface area contributed by atoms with E-state index in [4.69, 9.17) is 0 Å². The van der Waals surface area contributed by atoms with Gasteiger partial charge in [-0.2, -0.15) is 5.10 Å². The van der Waals surface area contributed by atoms with E-state index in [0.29, 0.717) is 49.5 Å². The van der Waals surface area contributed by atoms with Gasteiger partial charge in [-0.05, 0) is 25.3 Å². The molecule has 2 fully saturated rings. The number of aryl methyl sites for hydroxylation is 1. The monoisotopic (exact) mass is 443 g/mol. The van der Waals surface area contributed by atoms with E-state index in [0.717, 1.165) is 12.1 Å². The lowest BCUT2D eigenvalue weighted by atomic mass is 9.77. The van der Waals surface area contributed by atoms with Crippen LogP contribution in [0.4, 0.5) is 20.3 Å². The Morgan fingerprint density at radius 2 is 1.84 bits per heavy atom. The number of aromatic nitrogens is 5. The van der Waals surface area contributed by atoms with Crippen LogP contribution >= 0.6 is 0 Å². The zero-order chi connectivity index (χ0) is 22.5. The highest BCUT2D eigenvalue weighted by atomic mass is 19.3. The topological polar surface area (TPSA) is 89.2 Å². The molecule has 32 heavy (non-hydrogen) atoms. The Labute approximate surface area is 182 Å². The fraction of sp³-hybridized carbons (Fsp3) is 0.476. The molecule has 0 unspecified atom stereocenters. The maximum atomic E-state index is 13.3. The SMILES string of the molecule is Cn1cc(N2CCC3(CCN(c4cnc5cnn(CC(F)F)c5n4)CC3)C2=O)ccc1=O. The Balaban J connectivity index is 1.32. The molecule has 0 aromatic carbocycles. The molecule has 11 heteroatoms. The van der Waals surface area contributed by atoms with E-state index in [2.05, 4.69) is 15.1 Å². The number of anilines is 2. The smallest absolute Gasteiger partial charge is 0.258 e. The Hall–Kier alpha value is -3.37. The van der Waals surface area contributed by atoms with E-state index in [1.165, 1.54) is 21.5 Å². The van der Waals surface area contributed by atoms with Gasteiger partial charge in [0.05, 0.1) is 23.5 Å². The molecule has 168 valence electrons. The minimum Gasteiger partial charge on any atom is -0.355 e. The second kappa shape index (κ2) is 7.64. The third-order valence-electron chi connectivity index (χ3n) is 6.58. The Morgan fingerprint density at radius 1 is 1.09 bits per heavy atom. The van der Waals surface area contributed by atoms with Gasteiger partial charge in [0.1, 0.15) is 17.9 Å². The number of amides is 1. The minimum absolute atomic E-state index is 0.0901. The lowest BCUT2D eigenvalue weighted by Crippen LogP contribution is -2.45. The maximum Gasteiger partial charge on any atom is 0.258 e. The van der Waals surface area contributed by atoms with E-state index in [-0.39, 0.29) is 11.5 Å². The van der Waals surface area contributed by atoms with Gasteiger partial charge in [0.2, 0.25) is 11.5 Å². The van der Waals surface area contributed by atoms with Gasteiger partial charge in [-0.15, -0.1) is 0 Å². The first-order valence-electron chi connectivity index (χ1n) is 10.6. The highest BCUT2D eigenvalue weighted by Gasteiger charge is 2.48. The first kappa shape index (κ1) is 20.5. The first-order chi connectivity index (χ1) is 15.4. The molecule has 5 heterocycles. The molecule has 0 N–H and O–H groups in total. The van der Waals surface area contributed by atoms with Gasteiger partial charge in [-0.1, -0.05) is 0 Å². The van der Waals surface area contributed by atoms with Crippen LogP contribution in [-0.4, -0.2) is 56.3 Å². The van der Waals surface area contributed by atoms with Gasteiger partial charge in [-0.25, -0.2) is 23.4 Å². The van der Waals surface area contributed by atoms with Gasteiger partial charge in [0, 0.05) is 38.9 Å². The number of carbonyl (C=O) groups is 1. The molecular weight excluding hydrogens is 420 g/mol. The number of piperidine rings is 1. The fourth-order valence-electron chi connectivity index (χ4n) is 4.69. The Bertz CT molecular complexity index is 1230. The van der Waals surface area contributed by atoms with Crippen LogP contribution in [0.3, 0.4) is 0 Å². The summed E-state index contributed by atoms with van der Waals surface area (Å²) in [6.45, 7) is 1.34. The van der Waals surface area contributed by atoms with Gasteiger partial charge < -0.3 is 14.4 Å². The molecule has 2 saturated heterocycles. The van der Waals surface area contributed by atoms with Crippen molar-refractivity contribution in [3.05, 3.63) is 41.1 Å². The minimum atomic E-state index is -2.53. The van der Waals surface area contributed by atoms with Crippen molar-refractivity contribution in [1.82, 2.24) is 24.3 Å². The van der Waals surface area contributed by atoms with E-state index < -0.39 is 18.4 Å². The van der Waals surface area contributed by atoms with Crippen molar-refractivity contribution >= 4 is 28.6 Å². The lowest BCUT2D eigenvalue weighted by Gasteiger charge is -2.38. The summed E-state index contributed by atoms with van der Waals surface area (Å²) in [5.41, 5.74) is 0.999. The van der Waals surface area contributed by atoms with Crippen LogP contribution in [-0.2, 0) is 18.4 Å². The number of hydrogen-bond acceptors (Lipinski definition) is 6. The van der Waals surface area contributed by atoms with E-state index in [1.54, 1.807) is 30.4 Å². The highest BCUT2D eigenvalue weighted by Crippen LogP contribution is 2.43. The standard InChI is InChI=1S/C21H23F2N7O2/c1-27-12-14(2-3-18(27)31)29-9-6-21(20(29)32)4-7-28(8-5-21)17-11-24-15-10-25-30(13-16(22)23)19(15)26-17/h2-3,10-12,16H,4-9,13H2,1H3.